The topological polar surface area (TPSA) is 0 Å². The van der Waals surface area contributed by atoms with Gasteiger partial charge in [-0.2, -0.15) is 0 Å². The molecule has 1 heteroatoms. The molecule has 0 nitrogen and oxygen atoms in total. The molecule has 0 aliphatic heterocycles. The quantitative estimate of drug-likeness (QED) is 0.588. The molecule has 0 unspecified atom stereocenters. The first-order chi connectivity index (χ1) is 2.64. The molecular formula is C5H9Pb. The Hall–Kier alpha value is 0.662. The van der Waals surface area contributed by atoms with E-state index in [1.54, 1.807) is 3.13 Å². The van der Waals surface area contributed by atoms with Crippen molar-refractivity contribution < 1.29 is 0 Å². The van der Waals surface area contributed by atoms with Crippen molar-refractivity contribution in [3.8, 4) is 0 Å². The van der Waals surface area contributed by atoms with Crippen molar-refractivity contribution in [2.24, 2.45) is 0 Å². The molecule has 0 atom stereocenters. The van der Waals surface area contributed by atoms with E-state index in [-0.39, 0.29) is 0 Å². The van der Waals surface area contributed by atoms with Crippen LogP contribution < -0.4 is 0 Å². The predicted molar refractivity (Wildman–Crippen MR) is 29.8 cm³/mol. The third kappa shape index (κ3) is 2.88. The Bertz CT molecular complexity index is 54.0. The summed E-state index contributed by atoms with van der Waals surface area (Å²) >= 11 is 1.23. The first-order valence-electron chi connectivity index (χ1n) is 2.00. The zero-order valence-electron chi connectivity index (χ0n) is 4.50. The minimum atomic E-state index is 1.23. The van der Waals surface area contributed by atoms with Gasteiger partial charge in [-0.05, 0) is 0 Å². The van der Waals surface area contributed by atoms with E-state index < -0.39 is 0 Å². The minimum absolute atomic E-state index is 1.23. The Balaban J connectivity index is 3.68. The molecule has 6 heavy (non-hydrogen) atoms. The molecule has 0 heterocycles. The van der Waals surface area contributed by atoms with Crippen LogP contribution in [0.4, 0.5) is 0 Å². The van der Waals surface area contributed by atoms with Gasteiger partial charge in [-0.1, -0.05) is 0 Å². The molecule has 0 aromatic rings. The summed E-state index contributed by atoms with van der Waals surface area (Å²) < 4.78 is 1.56. The van der Waals surface area contributed by atoms with Gasteiger partial charge in [0.2, 0.25) is 0 Å². The third-order valence-corrected chi connectivity index (χ3v) is 2.69. The van der Waals surface area contributed by atoms with E-state index in [4.69, 9.17) is 0 Å². The van der Waals surface area contributed by atoms with E-state index in [9.17, 15) is 0 Å². The maximum absolute atomic E-state index is 2.18. The molecule has 0 rings (SSSR count). The molecular weight excluding hydrogens is 267 g/mol. The third-order valence-electron chi connectivity index (χ3n) is 0.750. The van der Waals surface area contributed by atoms with Crippen molar-refractivity contribution in [1.29, 1.82) is 0 Å². The number of hydrogen-bond acceptors (Lipinski definition) is 0. The second-order valence-corrected chi connectivity index (χ2v) is 4.54. The fraction of sp³-hybridized carbons (Fsp3) is 0.600. The van der Waals surface area contributed by atoms with Crippen molar-refractivity contribution in [1.82, 2.24) is 0 Å². The monoisotopic (exact) mass is 277 g/mol. The van der Waals surface area contributed by atoms with Crippen LogP contribution in [0.2, 0.25) is 0 Å². The van der Waals surface area contributed by atoms with E-state index in [1.807, 2.05) is 0 Å². The average Bonchev–Trinajstić information content (AvgIpc) is 1.36. The van der Waals surface area contributed by atoms with E-state index >= 15 is 0 Å². The summed E-state index contributed by atoms with van der Waals surface area (Å²) in [5.74, 6) is 0. The van der Waals surface area contributed by atoms with Crippen LogP contribution in [-0.2, 0) is 0 Å². The summed E-state index contributed by atoms with van der Waals surface area (Å²) in [6.07, 6.45) is 0. The van der Waals surface area contributed by atoms with Crippen molar-refractivity contribution in [2.75, 3.05) is 0 Å². The summed E-state index contributed by atoms with van der Waals surface area (Å²) in [5.41, 5.74) is 1.49. The van der Waals surface area contributed by atoms with Gasteiger partial charge in [-0.3, -0.25) is 0 Å². The van der Waals surface area contributed by atoms with Gasteiger partial charge < -0.3 is 0 Å². The van der Waals surface area contributed by atoms with Crippen molar-refractivity contribution in [2.45, 2.75) is 20.8 Å². The van der Waals surface area contributed by atoms with Crippen LogP contribution in [0.1, 0.15) is 20.8 Å². The van der Waals surface area contributed by atoms with Crippen LogP contribution >= 0.6 is 0 Å². The SMILES string of the molecule is CC(C)=[C](C)[Pb]. The summed E-state index contributed by atoms with van der Waals surface area (Å²) in [5, 5.41) is 0. The Kier molecular flexibility index (Phi) is 3.08. The molecule has 0 aromatic heterocycles. The Morgan fingerprint density at radius 1 is 1.17 bits per heavy atom. The van der Waals surface area contributed by atoms with E-state index in [0.717, 1.165) is 0 Å². The summed E-state index contributed by atoms with van der Waals surface area (Å²) in [6.45, 7) is 6.49. The first kappa shape index (κ1) is 6.66. The van der Waals surface area contributed by atoms with E-state index in [0.29, 0.717) is 0 Å². The fourth-order valence-corrected chi connectivity index (χ4v) is 0. The fourth-order valence-electron chi connectivity index (χ4n) is 0. The van der Waals surface area contributed by atoms with Gasteiger partial charge in [-0.15, -0.1) is 0 Å². The van der Waals surface area contributed by atoms with Crippen LogP contribution in [0.25, 0.3) is 0 Å². The Morgan fingerprint density at radius 3 is 1.33 bits per heavy atom. The zero-order chi connectivity index (χ0) is 5.15. The molecule has 0 N–H and O–H groups in total. The van der Waals surface area contributed by atoms with Gasteiger partial charge in [0.15, 0.2) is 0 Å². The van der Waals surface area contributed by atoms with Gasteiger partial charge in [0, 0.05) is 0 Å². The molecule has 0 aliphatic carbocycles. The molecule has 3 radical (unpaired) electrons. The van der Waals surface area contributed by atoms with Crippen LogP contribution in [0, 0.1) is 0 Å². The van der Waals surface area contributed by atoms with Crippen LogP contribution in [0.3, 0.4) is 0 Å². The van der Waals surface area contributed by atoms with Gasteiger partial charge in [0.05, 0.1) is 0 Å². The standard InChI is InChI=1S/C5H9.Pb/c1-4-5(2)3;/h1-3H3;. The average molecular weight is 276 g/mol. The molecule has 0 saturated carbocycles. The van der Waals surface area contributed by atoms with Crippen LogP contribution in [-0.4, -0.2) is 25.8 Å². The Labute approximate surface area is 55.3 Å². The normalized spacial score (nSPS) is 8.00. The number of rotatable bonds is 0. The van der Waals surface area contributed by atoms with Crippen molar-refractivity contribution >= 4 is 25.8 Å². The zero-order valence-corrected chi connectivity index (χ0v) is 8.39. The van der Waals surface area contributed by atoms with Gasteiger partial charge >= 0.3 is 55.2 Å². The van der Waals surface area contributed by atoms with E-state index in [1.165, 1.54) is 31.3 Å². The predicted octanol–water partition coefficient (Wildman–Crippen LogP) is 1.47. The molecule has 0 saturated heterocycles. The van der Waals surface area contributed by atoms with Gasteiger partial charge in [0.1, 0.15) is 0 Å². The maximum atomic E-state index is 2.18. The molecule has 0 aromatic carbocycles. The molecule has 0 bridgehead atoms. The van der Waals surface area contributed by atoms with Crippen LogP contribution in [0.15, 0.2) is 8.71 Å². The van der Waals surface area contributed by atoms with Gasteiger partial charge in [0.25, 0.3) is 0 Å². The summed E-state index contributed by atoms with van der Waals surface area (Å²) in [7, 11) is 0. The number of allylic oxidation sites excluding steroid dienone is 2. The first-order valence-corrected chi connectivity index (χ1v) is 3.94. The molecule has 0 aliphatic rings. The summed E-state index contributed by atoms with van der Waals surface area (Å²) in [6, 6.07) is 0. The van der Waals surface area contributed by atoms with Crippen LogP contribution in [0.5, 0.6) is 0 Å². The molecule has 33 valence electrons. The molecule has 0 fully saturated rings. The molecule has 0 amide bonds. The molecule has 0 spiro atoms. The van der Waals surface area contributed by atoms with E-state index in [2.05, 4.69) is 20.8 Å². The Morgan fingerprint density at radius 2 is 1.33 bits per heavy atom. The number of hydrogen-bond donors (Lipinski definition) is 0. The van der Waals surface area contributed by atoms with Crippen molar-refractivity contribution in [3.05, 3.63) is 8.71 Å². The van der Waals surface area contributed by atoms with Crippen molar-refractivity contribution in [3.63, 3.8) is 0 Å². The second kappa shape index (κ2) is 2.77. The second-order valence-electron chi connectivity index (χ2n) is 1.62. The van der Waals surface area contributed by atoms with Gasteiger partial charge in [-0.25, -0.2) is 0 Å². The summed E-state index contributed by atoms with van der Waals surface area (Å²) in [4.78, 5) is 0.